The number of hydrogen-bond acceptors (Lipinski definition) is 5. The van der Waals surface area contributed by atoms with Crippen molar-refractivity contribution >= 4 is 10.9 Å². The quantitative estimate of drug-likeness (QED) is 0.800. The molecule has 1 N–H and O–H groups in total. The Bertz CT molecular complexity index is 957. The summed E-state index contributed by atoms with van der Waals surface area (Å²) in [4.78, 5) is 19.4. The lowest BCUT2D eigenvalue weighted by molar-refractivity contribution is 0.361. The molecular formula is C17H13N3O3. The van der Waals surface area contributed by atoms with Crippen LogP contribution in [0.2, 0.25) is 0 Å². The summed E-state index contributed by atoms with van der Waals surface area (Å²) >= 11 is 0. The molecule has 1 aromatic heterocycles. The number of H-pyrrole nitrogens is 1. The van der Waals surface area contributed by atoms with Crippen LogP contribution in [-0.2, 0) is 0 Å². The van der Waals surface area contributed by atoms with Gasteiger partial charge in [0.15, 0.2) is 6.61 Å². The summed E-state index contributed by atoms with van der Waals surface area (Å²) in [5.74, 6) is 1.42. The van der Waals surface area contributed by atoms with Crippen LogP contribution in [0.5, 0.6) is 11.5 Å². The molecule has 0 saturated heterocycles. The number of fused-ring (bicyclic) bond motifs is 1. The third kappa shape index (κ3) is 2.85. The average Bonchev–Trinajstić information content (AvgIpc) is 2.59. The van der Waals surface area contributed by atoms with Gasteiger partial charge in [-0.2, -0.15) is 5.26 Å². The number of ether oxygens (including phenoxy) is 2. The van der Waals surface area contributed by atoms with Gasteiger partial charge in [-0.25, -0.2) is 4.98 Å². The van der Waals surface area contributed by atoms with Crippen LogP contribution in [0.3, 0.4) is 0 Å². The molecule has 6 heteroatoms. The Hall–Kier alpha value is -3.33. The van der Waals surface area contributed by atoms with Gasteiger partial charge in [-0.3, -0.25) is 4.79 Å². The lowest BCUT2D eigenvalue weighted by atomic mass is 10.1. The van der Waals surface area contributed by atoms with E-state index in [0.717, 1.165) is 0 Å². The van der Waals surface area contributed by atoms with Gasteiger partial charge < -0.3 is 14.5 Å². The van der Waals surface area contributed by atoms with E-state index in [1.165, 1.54) is 7.11 Å². The van der Waals surface area contributed by atoms with Crippen molar-refractivity contribution in [2.45, 2.75) is 0 Å². The monoisotopic (exact) mass is 307 g/mol. The first kappa shape index (κ1) is 14.6. The normalized spacial score (nSPS) is 10.3. The van der Waals surface area contributed by atoms with Crippen molar-refractivity contribution in [1.29, 1.82) is 5.26 Å². The zero-order chi connectivity index (χ0) is 16.2. The molecule has 0 unspecified atom stereocenters. The average molecular weight is 307 g/mol. The molecule has 3 rings (SSSR count). The van der Waals surface area contributed by atoms with E-state index in [-0.39, 0.29) is 12.2 Å². The molecule has 6 nitrogen and oxygen atoms in total. The number of rotatable bonds is 4. The van der Waals surface area contributed by atoms with E-state index in [9.17, 15) is 4.79 Å². The minimum atomic E-state index is -0.211. The summed E-state index contributed by atoms with van der Waals surface area (Å²) < 4.78 is 10.6. The first-order valence-electron chi connectivity index (χ1n) is 6.90. The second kappa shape index (κ2) is 6.20. The Kier molecular flexibility index (Phi) is 3.93. The Morgan fingerprint density at radius 2 is 2.09 bits per heavy atom. The molecule has 0 atom stereocenters. The summed E-state index contributed by atoms with van der Waals surface area (Å²) in [5.41, 5.74) is 1.04. The third-order valence-electron chi connectivity index (χ3n) is 3.34. The lowest BCUT2D eigenvalue weighted by Gasteiger charge is -2.10. The van der Waals surface area contributed by atoms with Gasteiger partial charge in [-0.1, -0.05) is 12.1 Å². The largest absolute Gasteiger partial charge is 0.496 e. The maximum Gasteiger partial charge on any atom is 0.259 e. The van der Waals surface area contributed by atoms with E-state index in [2.05, 4.69) is 9.97 Å². The highest BCUT2D eigenvalue weighted by atomic mass is 16.5. The highest BCUT2D eigenvalue weighted by molar-refractivity contribution is 5.80. The molecule has 2 aromatic carbocycles. The van der Waals surface area contributed by atoms with Crippen LogP contribution in [0.1, 0.15) is 0 Å². The van der Waals surface area contributed by atoms with E-state index in [0.29, 0.717) is 33.8 Å². The molecule has 0 bridgehead atoms. The van der Waals surface area contributed by atoms with E-state index >= 15 is 0 Å². The Morgan fingerprint density at radius 1 is 1.26 bits per heavy atom. The number of para-hydroxylation sites is 1. The van der Waals surface area contributed by atoms with Gasteiger partial charge in [0.05, 0.1) is 23.6 Å². The van der Waals surface area contributed by atoms with Crippen LogP contribution in [0.4, 0.5) is 0 Å². The van der Waals surface area contributed by atoms with Crippen LogP contribution in [-0.4, -0.2) is 23.7 Å². The SMILES string of the molecule is COc1cc(OCC#N)ccc1-c1nc2ccccc2c(=O)[nH]1. The Balaban J connectivity index is 2.11. The van der Waals surface area contributed by atoms with Gasteiger partial charge >= 0.3 is 0 Å². The summed E-state index contributed by atoms with van der Waals surface area (Å²) in [6.07, 6.45) is 0. The highest BCUT2D eigenvalue weighted by Gasteiger charge is 2.12. The first-order valence-corrected chi connectivity index (χ1v) is 6.90. The number of benzene rings is 2. The fourth-order valence-corrected chi connectivity index (χ4v) is 2.29. The molecule has 23 heavy (non-hydrogen) atoms. The van der Waals surface area contributed by atoms with Crippen molar-refractivity contribution in [3.63, 3.8) is 0 Å². The minimum absolute atomic E-state index is 0.0481. The molecule has 0 aliphatic heterocycles. The van der Waals surface area contributed by atoms with Crippen LogP contribution < -0.4 is 15.0 Å². The molecular weight excluding hydrogens is 294 g/mol. The predicted octanol–water partition coefficient (Wildman–Crippen LogP) is 2.50. The van der Waals surface area contributed by atoms with Crippen molar-refractivity contribution in [2.24, 2.45) is 0 Å². The maximum absolute atomic E-state index is 12.2. The van der Waals surface area contributed by atoms with Gasteiger partial charge in [-0.15, -0.1) is 0 Å². The molecule has 0 saturated carbocycles. The Labute approximate surface area is 131 Å². The van der Waals surface area contributed by atoms with E-state index in [1.807, 2.05) is 12.1 Å². The Morgan fingerprint density at radius 3 is 2.87 bits per heavy atom. The lowest BCUT2D eigenvalue weighted by Crippen LogP contribution is -2.09. The predicted molar refractivity (Wildman–Crippen MR) is 85.5 cm³/mol. The first-order chi connectivity index (χ1) is 11.2. The van der Waals surface area contributed by atoms with E-state index in [4.69, 9.17) is 14.7 Å². The van der Waals surface area contributed by atoms with Gasteiger partial charge in [0.25, 0.3) is 5.56 Å². The molecule has 114 valence electrons. The topological polar surface area (TPSA) is 88.0 Å². The standard InChI is InChI=1S/C17H13N3O3/c1-22-15-10-11(23-9-8-18)6-7-13(15)16-19-14-5-3-2-4-12(14)17(21)20-16/h2-7,10H,9H2,1H3,(H,19,20,21). The number of aromatic nitrogens is 2. The fourth-order valence-electron chi connectivity index (χ4n) is 2.29. The molecule has 1 heterocycles. The summed E-state index contributed by atoms with van der Waals surface area (Å²) in [5, 5.41) is 9.09. The smallest absolute Gasteiger partial charge is 0.259 e. The number of nitriles is 1. The fraction of sp³-hybridized carbons (Fsp3) is 0.118. The molecule has 0 amide bonds. The third-order valence-corrected chi connectivity index (χ3v) is 3.34. The number of nitrogens with one attached hydrogen (secondary N) is 1. The van der Waals surface area contributed by atoms with Crippen LogP contribution in [0.15, 0.2) is 47.3 Å². The number of nitrogens with zero attached hydrogens (tertiary/aromatic N) is 2. The summed E-state index contributed by atoms with van der Waals surface area (Å²) in [6.45, 7) is -0.0481. The molecule has 0 radical (unpaired) electrons. The number of hydrogen-bond donors (Lipinski definition) is 1. The van der Waals surface area contributed by atoms with Gasteiger partial charge in [0.1, 0.15) is 23.4 Å². The van der Waals surface area contributed by atoms with Crippen molar-refractivity contribution < 1.29 is 9.47 Å². The minimum Gasteiger partial charge on any atom is -0.496 e. The van der Waals surface area contributed by atoms with Crippen LogP contribution in [0.25, 0.3) is 22.3 Å². The van der Waals surface area contributed by atoms with Crippen molar-refractivity contribution in [3.05, 3.63) is 52.8 Å². The molecule has 0 aliphatic carbocycles. The second-order valence-electron chi connectivity index (χ2n) is 4.74. The summed E-state index contributed by atoms with van der Waals surface area (Å²) in [6, 6.07) is 14.1. The second-order valence-corrected chi connectivity index (χ2v) is 4.74. The zero-order valence-electron chi connectivity index (χ0n) is 12.4. The maximum atomic E-state index is 12.2. The van der Waals surface area contributed by atoms with Gasteiger partial charge in [0, 0.05) is 6.07 Å². The zero-order valence-corrected chi connectivity index (χ0v) is 12.4. The van der Waals surface area contributed by atoms with Crippen molar-refractivity contribution in [3.8, 4) is 29.0 Å². The summed E-state index contributed by atoms with van der Waals surface area (Å²) in [7, 11) is 1.52. The van der Waals surface area contributed by atoms with E-state index < -0.39 is 0 Å². The molecule has 0 fully saturated rings. The van der Waals surface area contributed by atoms with E-state index in [1.54, 1.807) is 36.4 Å². The van der Waals surface area contributed by atoms with Crippen molar-refractivity contribution in [1.82, 2.24) is 9.97 Å². The van der Waals surface area contributed by atoms with Crippen LogP contribution >= 0.6 is 0 Å². The van der Waals surface area contributed by atoms with Gasteiger partial charge in [-0.05, 0) is 24.3 Å². The molecule has 0 aliphatic rings. The van der Waals surface area contributed by atoms with Gasteiger partial charge in [0.2, 0.25) is 0 Å². The highest BCUT2D eigenvalue weighted by Crippen LogP contribution is 2.31. The molecule has 0 spiro atoms. The molecule has 3 aromatic rings. The number of methoxy groups -OCH3 is 1. The van der Waals surface area contributed by atoms with Crippen LogP contribution in [0, 0.1) is 11.3 Å². The number of aromatic amines is 1. The van der Waals surface area contributed by atoms with Crippen molar-refractivity contribution in [2.75, 3.05) is 13.7 Å².